The molecule has 2 rings (SSSR count). The minimum atomic E-state index is 0.161. The van der Waals surface area contributed by atoms with E-state index in [0.717, 1.165) is 29.9 Å². The van der Waals surface area contributed by atoms with Crippen LogP contribution in [-0.4, -0.2) is 32.3 Å². The number of nitriles is 1. The first-order chi connectivity index (χ1) is 8.29. The van der Waals surface area contributed by atoms with Gasteiger partial charge in [0.15, 0.2) is 0 Å². The third-order valence-electron chi connectivity index (χ3n) is 2.63. The van der Waals surface area contributed by atoms with Crippen LogP contribution in [0.1, 0.15) is 5.56 Å². The van der Waals surface area contributed by atoms with Gasteiger partial charge in [0.1, 0.15) is 6.07 Å². The van der Waals surface area contributed by atoms with Crippen molar-refractivity contribution in [2.24, 2.45) is 0 Å². The van der Waals surface area contributed by atoms with Crippen molar-refractivity contribution in [3.8, 4) is 6.07 Å². The van der Waals surface area contributed by atoms with Gasteiger partial charge in [0.2, 0.25) is 0 Å². The van der Waals surface area contributed by atoms with Crippen molar-refractivity contribution in [3.63, 3.8) is 0 Å². The SMILES string of the molecule is N#Cc1ccc(Br)cc1NCC1CNCCO1. The average molecular weight is 296 g/mol. The summed E-state index contributed by atoms with van der Waals surface area (Å²) in [6.45, 7) is 3.22. The van der Waals surface area contributed by atoms with E-state index in [4.69, 9.17) is 10.00 Å². The van der Waals surface area contributed by atoms with Gasteiger partial charge in [0.05, 0.1) is 24.0 Å². The van der Waals surface area contributed by atoms with Gasteiger partial charge in [-0.25, -0.2) is 0 Å². The molecular weight excluding hydrogens is 282 g/mol. The molecule has 1 aromatic rings. The van der Waals surface area contributed by atoms with E-state index in [0.29, 0.717) is 12.1 Å². The Balaban J connectivity index is 1.98. The van der Waals surface area contributed by atoms with Crippen molar-refractivity contribution in [2.45, 2.75) is 6.10 Å². The molecule has 0 amide bonds. The highest BCUT2D eigenvalue weighted by Gasteiger charge is 2.13. The fraction of sp³-hybridized carbons (Fsp3) is 0.417. The zero-order chi connectivity index (χ0) is 12.1. The van der Waals surface area contributed by atoms with Crippen LogP contribution in [0.15, 0.2) is 22.7 Å². The minimum absolute atomic E-state index is 0.161. The standard InChI is InChI=1S/C12H14BrN3O/c13-10-2-1-9(6-14)12(5-10)16-8-11-7-15-3-4-17-11/h1-2,5,11,15-16H,3-4,7-8H2. The highest BCUT2D eigenvalue weighted by molar-refractivity contribution is 9.10. The quantitative estimate of drug-likeness (QED) is 0.892. The molecule has 4 nitrogen and oxygen atoms in total. The lowest BCUT2D eigenvalue weighted by atomic mass is 10.2. The number of hydrogen-bond donors (Lipinski definition) is 2. The molecule has 0 aliphatic carbocycles. The third-order valence-corrected chi connectivity index (χ3v) is 3.12. The molecule has 1 aliphatic rings. The number of benzene rings is 1. The second-order valence-corrected chi connectivity index (χ2v) is 4.80. The fourth-order valence-corrected chi connectivity index (χ4v) is 2.10. The number of anilines is 1. The molecule has 1 saturated heterocycles. The summed E-state index contributed by atoms with van der Waals surface area (Å²) in [5, 5.41) is 15.5. The molecule has 1 fully saturated rings. The van der Waals surface area contributed by atoms with E-state index in [2.05, 4.69) is 32.6 Å². The molecular formula is C12H14BrN3O. The zero-order valence-corrected chi connectivity index (χ0v) is 11.0. The van der Waals surface area contributed by atoms with Crippen molar-refractivity contribution in [1.82, 2.24) is 5.32 Å². The maximum absolute atomic E-state index is 9.00. The van der Waals surface area contributed by atoms with Crippen LogP contribution in [-0.2, 0) is 4.74 Å². The van der Waals surface area contributed by atoms with E-state index in [1.54, 1.807) is 6.07 Å². The van der Waals surface area contributed by atoms with Crippen LogP contribution in [0.2, 0.25) is 0 Å². The smallest absolute Gasteiger partial charge is 0.101 e. The molecule has 1 aromatic carbocycles. The van der Waals surface area contributed by atoms with Crippen LogP contribution >= 0.6 is 15.9 Å². The van der Waals surface area contributed by atoms with Crippen LogP contribution in [0, 0.1) is 11.3 Å². The number of nitrogens with one attached hydrogen (secondary N) is 2. The molecule has 1 unspecified atom stereocenters. The Kier molecular flexibility index (Phi) is 4.37. The van der Waals surface area contributed by atoms with Crippen LogP contribution in [0.5, 0.6) is 0 Å². The number of nitrogens with zero attached hydrogens (tertiary/aromatic N) is 1. The number of hydrogen-bond acceptors (Lipinski definition) is 4. The first-order valence-electron chi connectivity index (χ1n) is 5.55. The van der Waals surface area contributed by atoms with Crippen LogP contribution < -0.4 is 10.6 Å². The van der Waals surface area contributed by atoms with Gasteiger partial charge >= 0.3 is 0 Å². The van der Waals surface area contributed by atoms with Crippen molar-refractivity contribution in [2.75, 3.05) is 31.6 Å². The lowest BCUT2D eigenvalue weighted by Gasteiger charge is -2.24. The molecule has 17 heavy (non-hydrogen) atoms. The van der Waals surface area contributed by atoms with Gasteiger partial charge in [-0.1, -0.05) is 15.9 Å². The molecule has 2 N–H and O–H groups in total. The Bertz CT molecular complexity index is 424. The molecule has 1 aliphatic heterocycles. The monoisotopic (exact) mass is 295 g/mol. The highest BCUT2D eigenvalue weighted by Crippen LogP contribution is 2.20. The van der Waals surface area contributed by atoms with Gasteiger partial charge in [0.25, 0.3) is 0 Å². The summed E-state index contributed by atoms with van der Waals surface area (Å²) in [6.07, 6.45) is 0.161. The molecule has 0 spiro atoms. The second-order valence-electron chi connectivity index (χ2n) is 3.88. The Morgan fingerprint density at radius 2 is 2.47 bits per heavy atom. The Morgan fingerprint density at radius 1 is 1.59 bits per heavy atom. The topological polar surface area (TPSA) is 57.1 Å². The van der Waals surface area contributed by atoms with Crippen molar-refractivity contribution < 1.29 is 4.74 Å². The predicted molar refractivity (Wildman–Crippen MR) is 70.0 cm³/mol. The number of ether oxygens (including phenoxy) is 1. The fourth-order valence-electron chi connectivity index (χ4n) is 1.73. The van der Waals surface area contributed by atoms with Crippen molar-refractivity contribution in [3.05, 3.63) is 28.2 Å². The molecule has 0 bridgehead atoms. The molecule has 0 aromatic heterocycles. The summed E-state index contributed by atoms with van der Waals surface area (Å²) in [5.41, 5.74) is 1.49. The number of morpholine rings is 1. The summed E-state index contributed by atoms with van der Waals surface area (Å²) in [4.78, 5) is 0. The van der Waals surface area contributed by atoms with E-state index in [1.165, 1.54) is 0 Å². The molecule has 0 saturated carbocycles. The van der Waals surface area contributed by atoms with Gasteiger partial charge < -0.3 is 15.4 Å². The number of halogens is 1. The lowest BCUT2D eigenvalue weighted by Crippen LogP contribution is -2.42. The Hall–Kier alpha value is -1.09. The van der Waals surface area contributed by atoms with Crippen molar-refractivity contribution in [1.29, 1.82) is 5.26 Å². The van der Waals surface area contributed by atoms with Gasteiger partial charge in [-0.05, 0) is 18.2 Å². The van der Waals surface area contributed by atoms with Crippen LogP contribution in [0.4, 0.5) is 5.69 Å². The largest absolute Gasteiger partial charge is 0.381 e. The maximum Gasteiger partial charge on any atom is 0.101 e. The van der Waals surface area contributed by atoms with Gasteiger partial charge in [-0.15, -0.1) is 0 Å². The van der Waals surface area contributed by atoms with E-state index in [-0.39, 0.29) is 6.10 Å². The highest BCUT2D eigenvalue weighted by atomic mass is 79.9. The third kappa shape index (κ3) is 3.43. The van der Waals surface area contributed by atoms with E-state index in [1.807, 2.05) is 12.1 Å². The van der Waals surface area contributed by atoms with Gasteiger partial charge in [-0.3, -0.25) is 0 Å². The van der Waals surface area contributed by atoms with E-state index >= 15 is 0 Å². The molecule has 1 heterocycles. The second kappa shape index (κ2) is 6.01. The summed E-state index contributed by atoms with van der Waals surface area (Å²) in [6, 6.07) is 7.74. The van der Waals surface area contributed by atoms with Crippen LogP contribution in [0.3, 0.4) is 0 Å². The maximum atomic E-state index is 9.00. The molecule has 0 radical (unpaired) electrons. The lowest BCUT2D eigenvalue weighted by molar-refractivity contribution is 0.0372. The number of rotatable bonds is 3. The normalized spacial score (nSPS) is 19.6. The first kappa shape index (κ1) is 12.4. The summed E-state index contributed by atoms with van der Waals surface area (Å²) in [7, 11) is 0. The average Bonchev–Trinajstić information content (AvgIpc) is 2.38. The molecule has 90 valence electrons. The van der Waals surface area contributed by atoms with E-state index in [9.17, 15) is 0 Å². The minimum Gasteiger partial charge on any atom is -0.381 e. The Morgan fingerprint density at radius 3 is 3.18 bits per heavy atom. The summed E-state index contributed by atoms with van der Waals surface area (Å²) in [5.74, 6) is 0. The van der Waals surface area contributed by atoms with Crippen molar-refractivity contribution >= 4 is 21.6 Å². The predicted octanol–water partition coefficient (Wildman–Crippen LogP) is 1.72. The van der Waals surface area contributed by atoms with E-state index < -0.39 is 0 Å². The van der Waals surface area contributed by atoms with Gasteiger partial charge in [-0.2, -0.15) is 5.26 Å². The molecule has 1 atom stereocenters. The zero-order valence-electron chi connectivity index (χ0n) is 9.37. The van der Waals surface area contributed by atoms with Gasteiger partial charge in [0, 0.05) is 24.1 Å². The van der Waals surface area contributed by atoms with Crippen LogP contribution in [0.25, 0.3) is 0 Å². The first-order valence-corrected chi connectivity index (χ1v) is 6.35. The Labute approximate surface area is 109 Å². The molecule has 5 heteroatoms. The summed E-state index contributed by atoms with van der Waals surface area (Å²) >= 11 is 3.40. The summed E-state index contributed by atoms with van der Waals surface area (Å²) < 4.78 is 6.54.